The molecule has 0 heterocycles. The Morgan fingerprint density at radius 1 is 1.17 bits per heavy atom. The number of rotatable bonds is 7. The highest BCUT2D eigenvalue weighted by Gasteiger charge is 2.20. The fourth-order valence-electron chi connectivity index (χ4n) is 1.74. The summed E-state index contributed by atoms with van der Waals surface area (Å²) in [5.74, 6) is 0. The number of nitrogens with one attached hydrogen (secondary N) is 2. The zero-order valence-electron chi connectivity index (χ0n) is 10.6. The molecule has 1 saturated carbocycles. The van der Waals surface area contributed by atoms with Crippen LogP contribution >= 0.6 is 0 Å². The molecule has 0 spiro atoms. The summed E-state index contributed by atoms with van der Waals surface area (Å²) in [6.07, 6.45) is 3.34. The average Bonchev–Trinajstić information content (AvgIpc) is 3.19. The molecule has 0 unspecified atom stereocenters. The highest BCUT2D eigenvalue weighted by Crippen LogP contribution is 2.17. The van der Waals surface area contributed by atoms with E-state index in [0.29, 0.717) is 24.0 Å². The van der Waals surface area contributed by atoms with Crippen molar-refractivity contribution in [3.8, 4) is 0 Å². The topological polar surface area (TPSA) is 58.2 Å². The molecule has 1 aliphatic rings. The van der Waals surface area contributed by atoms with E-state index in [9.17, 15) is 8.42 Å². The van der Waals surface area contributed by atoms with Gasteiger partial charge in [0.05, 0.1) is 4.90 Å². The van der Waals surface area contributed by atoms with Crippen LogP contribution < -0.4 is 10.0 Å². The normalized spacial score (nSPS) is 15.8. The van der Waals surface area contributed by atoms with E-state index < -0.39 is 10.0 Å². The van der Waals surface area contributed by atoms with Crippen LogP contribution in [-0.2, 0) is 16.4 Å². The van der Waals surface area contributed by atoms with Crippen molar-refractivity contribution in [3.63, 3.8) is 0 Å². The van der Waals surface area contributed by atoms with Crippen LogP contribution in [0, 0.1) is 0 Å². The third-order valence-corrected chi connectivity index (χ3v) is 4.55. The van der Waals surface area contributed by atoms with Gasteiger partial charge in [0.1, 0.15) is 0 Å². The summed E-state index contributed by atoms with van der Waals surface area (Å²) >= 11 is 0. The third kappa shape index (κ3) is 3.80. The molecule has 4 nitrogen and oxygen atoms in total. The first-order chi connectivity index (χ1) is 8.62. The van der Waals surface area contributed by atoms with Gasteiger partial charge in [-0.25, -0.2) is 13.1 Å². The number of hydrogen-bond donors (Lipinski definition) is 2. The van der Waals surface area contributed by atoms with Crippen molar-refractivity contribution in [2.45, 2.75) is 37.1 Å². The monoisotopic (exact) mass is 268 g/mol. The molecule has 0 saturated heterocycles. The van der Waals surface area contributed by atoms with Gasteiger partial charge in [0, 0.05) is 19.1 Å². The largest absolute Gasteiger partial charge is 0.313 e. The van der Waals surface area contributed by atoms with Crippen LogP contribution in [0.2, 0.25) is 0 Å². The molecule has 2 rings (SSSR count). The van der Waals surface area contributed by atoms with E-state index in [-0.39, 0.29) is 0 Å². The lowest BCUT2D eigenvalue weighted by Crippen LogP contribution is -2.32. The molecular formula is C13H20N2O2S. The Balaban J connectivity index is 1.87. The van der Waals surface area contributed by atoms with Gasteiger partial charge in [-0.2, -0.15) is 0 Å². The predicted octanol–water partition coefficient (Wildman–Crippen LogP) is 1.28. The molecule has 0 amide bonds. The molecule has 0 radical (unpaired) electrons. The van der Waals surface area contributed by atoms with Gasteiger partial charge in [-0.15, -0.1) is 0 Å². The van der Waals surface area contributed by atoms with Crippen molar-refractivity contribution in [2.75, 3.05) is 13.1 Å². The van der Waals surface area contributed by atoms with Gasteiger partial charge in [-0.1, -0.05) is 19.1 Å². The van der Waals surface area contributed by atoms with Crippen LogP contribution in [0.4, 0.5) is 0 Å². The molecule has 0 aromatic heterocycles. The lowest BCUT2D eigenvalue weighted by atomic mass is 10.2. The van der Waals surface area contributed by atoms with Crippen LogP contribution in [-0.4, -0.2) is 27.5 Å². The predicted molar refractivity (Wildman–Crippen MR) is 72.0 cm³/mol. The lowest BCUT2D eigenvalue weighted by molar-refractivity contribution is 0.575. The van der Waals surface area contributed by atoms with Gasteiger partial charge in [0.15, 0.2) is 0 Å². The van der Waals surface area contributed by atoms with Gasteiger partial charge in [0.2, 0.25) is 10.0 Å². The Hall–Kier alpha value is -0.910. The first-order valence-corrected chi connectivity index (χ1v) is 7.92. The Bertz CT molecular complexity index is 478. The first kappa shape index (κ1) is 13.5. The van der Waals surface area contributed by atoms with Crippen LogP contribution in [0.3, 0.4) is 0 Å². The summed E-state index contributed by atoms with van der Waals surface area (Å²) < 4.78 is 26.5. The standard InChI is InChI=1S/C13H20N2O2S/c1-2-11-3-7-13(8-4-11)18(16,17)15-10-9-14-12-5-6-12/h3-4,7-8,12,14-15H,2,5-6,9-10H2,1H3. The minimum absolute atomic E-state index is 0.339. The maximum Gasteiger partial charge on any atom is 0.240 e. The molecule has 2 N–H and O–H groups in total. The van der Waals surface area contributed by atoms with Crippen LogP contribution in [0.5, 0.6) is 0 Å². The fourth-order valence-corrected chi connectivity index (χ4v) is 2.77. The molecule has 1 aliphatic carbocycles. The molecule has 1 aromatic carbocycles. The van der Waals surface area contributed by atoms with Gasteiger partial charge >= 0.3 is 0 Å². The van der Waals surface area contributed by atoms with Crippen molar-refractivity contribution in [1.29, 1.82) is 0 Å². The van der Waals surface area contributed by atoms with E-state index in [2.05, 4.69) is 10.0 Å². The smallest absolute Gasteiger partial charge is 0.240 e. The van der Waals surface area contributed by atoms with E-state index in [1.165, 1.54) is 12.8 Å². The molecule has 0 bridgehead atoms. The van der Waals surface area contributed by atoms with E-state index in [0.717, 1.165) is 12.0 Å². The van der Waals surface area contributed by atoms with Crippen LogP contribution in [0.1, 0.15) is 25.3 Å². The molecule has 100 valence electrons. The molecule has 18 heavy (non-hydrogen) atoms. The minimum Gasteiger partial charge on any atom is -0.313 e. The Kier molecular flexibility index (Phi) is 4.37. The Morgan fingerprint density at radius 3 is 2.39 bits per heavy atom. The van der Waals surface area contributed by atoms with Crippen molar-refractivity contribution >= 4 is 10.0 Å². The van der Waals surface area contributed by atoms with E-state index >= 15 is 0 Å². The zero-order chi connectivity index (χ0) is 13.0. The van der Waals surface area contributed by atoms with Crippen molar-refractivity contribution in [2.24, 2.45) is 0 Å². The number of benzene rings is 1. The highest BCUT2D eigenvalue weighted by atomic mass is 32.2. The molecular weight excluding hydrogens is 248 g/mol. The zero-order valence-corrected chi connectivity index (χ0v) is 11.5. The van der Waals surface area contributed by atoms with Crippen molar-refractivity contribution in [3.05, 3.63) is 29.8 Å². The van der Waals surface area contributed by atoms with Crippen LogP contribution in [0.15, 0.2) is 29.2 Å². The fraction of sp³-hybridized carbons (Fsp3) is 0.538. The van der Waals surface area contributed by atoms with Gasteiger partial charge < -0.3 is 5.32 Å². The molecule has 1 fully saturated rings. The van der Waals surface area contributed by atoms with E-state index in [1.54, 1.807) is 12.1 Å². The lowest BCUT2D eigenvalue weighted by Gasteiger charge is -2.07. The molecule has 0 aliphatic heterocycles. The quantitative estimate of drug-likeness (QED) is 0.732. The van der Waals surface area contributed by atoms with Gasteiger partial charge in [-0.05, 0) is 37.0 Å². The van der Waals surface area contributed by atoms with Crippen LogP contribution in [0.25, 0.3) is 0 Å². The first-order valence-electron chi connectivity index (χ1n) is 6.44. The number of aryl methyl sites for hydroxylation is 1. The second-order valence-corrected chi connectivity index (χ2v) is 6.39. The summed E-state index contributed by atoms with van der Waals surface area (Å²) in [6.45, 7) is 3.18. The maximum atomic E-state index is 12.0. The summed E-state index contributed by atoms with van der Waals surface area (Å²) in [6, 6.07) is 7.65. The maximum absolute atomic E-state index is 12.0. The SMILES string of the molecule is CCc1ccc(S(=O)(=O)NCCNC2CC2)cc1. The van der Waals surface area contributed by atoms with Gasteiger partial charge in [0.25, 0.3) is 0 Å². The summed E-state index contributed by atoms with van der Waals surface area (Å²) in [5, 5.41) is 3.27. The van der Waals surface area contributed by atoms with E-state index in [4.69, 9.17) is 0 Å². The number of sulfonamides is 1. The molecule has 1 aromatic rings. The third-order valence-electron chi connectivity index (χ3n) is 3.07. The molecule has 5 heteroatoms. The Labute approximate surface area is 109 Å². The number of hydrogen-bond acceptors (Lipinski definition) is 3. The summed E-state index contributed by atoms with van der Waals surface area (Å²) in [5.41, 5.74) is 1.14. The second-order valence-electron chi connectivity index (χ2n) is 4.62. The summed E-state index contributed by atoms with van der Waals surface area (Å²) in [4.78, 5) is 0.339. The summed E-state index contributed by atoms with van der Waals surface area (Å²) in [7, 11) is -3.35. The van der Waals surface area contributed by atoms with Crippen molar-refractivity contribution < 1.29 is 8.42 Å². The average molecular weight is 268 g/mol. The van der Waals surface area contributed by atoms with Gasteiger partial charge in [-0.3, -0.25) is 0 Å². The Morgan fingerprint density at radius 2 is 1.83 bits per heavy atom. The molecule has 0 atom stereocenters. The minimum atomic E-state index is -3.35. The second kappa shape index (κ2) is 5.82. The van der Waals surface area contributed by atoms with Crippen molar-refractivity contribution in [1.82, 2.24) is 10.0 Å². The highest BCUT2D eigenvalue weighted by molar-refractivity contribution is 7.89. The van der Waals surface area contributed by atoms with E-state index in [1.807, 2.05) is 19.1 Å².